The van der Waals surface area contributed by atoms with E-state index < -0.39 is 0 Å². The zero-order chi connectivity index (χ0) is 11.4. The van der Waals surface area contributed by atoms with Crippen molar-refractivity contribution in [2.45, 2.75) is 18.8 Å². The van der Waals surface area contributed by atoms with E-state index in [0.717, 1.165) is 0 Å². The summed E-state index contributed by atoms with van der Waals surface area (Å²) in [6.45, 7) is 2.37. The Morgan fingerprint density at radius 2 is 1.47 bits per heavy atom. The average molecular weight is 219 g/mol. The highest BCUT2D eigenvalue weighted by molar-refractivity contribution is 5.56. The molecular weight excluding hydrogens is 204 g/mol. The van der Waals surface area contributed by atoms with Gasteiger partial charge >= 0.3 is 0 Å². The van der Waals surface area contributed by atoms with Gasteiger partial charge in [-0.2, -0.15) is 18.1 Å². The maximum atomic E-state index is 2.48. The number of fused-ring (bicyclic) bond motifs is 5. The molecule has 0 saturated carbocycles. The van der Waals surface area contributed by atoms with Crippen LogP contribution in [0.2, 0.25) is 0 Å². The number of hydrogen-bond acceptors (Lipinski definition) is 0. The smallest absolute Gasteiger partial charge is 0.0230 e. The van der Waals surface area contributed by atoms with Gasteiger partial charge in [-0.1, -0.05) is 43.2 Å². The molecule has 3 unspecified atom stereocenters. The molecule has 0 nitrogen and oxygen atoms in total. The predicted molar refractivity (Wildman–Crippen MR) is 70.0 cm³/mol. The largest absolute Gasteiger partial charge is 0.188 e. The lowest BCUT2D eigenvalue weighted by molar-refractivity contribution is 0.537. The van der Waals surface area contributed by atoms with E-state index in [1.807, 2.05) is 0 Å². The monoisotopic (exact) mass is 219 g/mol. The third kappa shape index (κ3) is 1.10. The summed E-state index contributed by atoms with van der Waals surface area (Å²) in [6, 6.07) is 17.8. The fourth-order valence-electron chi connectivity index (χ4n) is 3.68. The molecule has 0 saturated heterocycles. The second-order valence-corrected chi connectivity index (χ2v) is 5.27. The first kappa shape index (κ1) is 9.35. The molecule has 2 aliphatic carbocycles. The van der Waals surface area contributed by atoms with Crippen LogP contribution in [0.15, 0.2) is 48.5 Å². The van der Waals surface area contributed by atoms with Crippen LogP contribution >= 0.6 is 0 Å². The average Bonchev–Trinajstić information content (AvgIpc) is 2.88. The van der Waals surface area contributed by atoms with Gasteiger partial charge in [0.25, 0.3) is 0 Å². The van der Waals surface area contributed by atoms with Crippen LogP contribution < -0.4 is 0 Å². The summed E-state index contributed by atoms with van der Waals surface area (Å²) in [7, 11) is 0. The van der Waals surface area contributed by atoms with Crippen LogP contribution in [-0.2, 0) is 0 Å². The van der Waals surface area contributed by atoms with Crippen LogP contribution in [0.1, 0.15) is 41.0 Å². The van der Waals surface area contributed by atoms with Crippen molar-refractivity contribution in [2.24, 2.45) is 5.92 Å². The highest BCUT2D eigenvalue weighted by Gasteiger charge is 2.38. The van der Waals surface area contributed by atoms with E-state index in [1.165, 1.54) is 11.1 Å². The molecule has 0 aromatic heterocycles. The van der Waals surface area contributed by atoms with E-state index >= 15 is 0 Å². The molecule has 0 fully saturated rings. The summed E-state index contributed by atoms with van der Waals surface area (Å²) in [5.74, 6) is 1.94. The highest BCUT2D eigenvalue weighted by Crippen LogP contribution is 2.56. The molecule has 84 valence electrons. The maximum absolute atomic E-state index is 2.48. The van der Waals surface area contributed by atoms with Crippen molar-refractivity contribution in [1.29, 1.82) is 0 Å². The molecule has 0 aliphatic heterocycles. The maximum Gasteiger partial charge on any atom is -0.0230 e. The van der Waals surface area contributed by atoms with E-state index in [0.29, 0.717) is 17.8 Å². The normalized spacial score (nSPS) is 28.2. The highest BCUT2D eigenvalue weighted by atomic mass is 14.5. The zero-order valence-electron chi connectivity index (χ0n) is 9.93. The first-order chi connectivity index (χ1) is 8.36. The fraction of sp³-hybridized carbons (Fsp3) is 0.235. The molecule has 4 rings (SSSR count). The van der Waals surface area contributed by atoms with Gasteiger partial charge in [0.1, 0.15) is 0 Å². The Labute approximate surface area is 102 Å². The van der Waals surface area contributed by atoms with Crippen molar-refractivity contribution in [3.8, 4) is 0 Å². The quantitative estimate of drug-likeness (QED) is 0.585. The Hall–Kier alpha value is -1.69. The molecule has 0 amide bonds. The van der Waals surface area contributed by atoms with Crippen molar-refractivity contribution in [1.82, 2.24) is 0 Å². The van der Waals surface area contributed by atoms with Gasteiger partial charge in [0.15, 0.2) is 0 Å². The second-order valence-electron chi connectivity index (χ2n) is 5.27. The van der Waals surface area contributed by atoms with Gasteiger partial charge in [0.2, 0.25) is 0 Å². The Morgan fingerprint density at radius 1 is 0.824 bits per heavy atom. The molecular formula is C17H15-. The minimum atomic E-state index is 0.609. The van der Waals surface area contributed by atoms with Crippen molar-refractivity contribution in [2.75, 3.05) is 0 Å². The predicted octanol–water partition coefficient (Wildman–Crippen LogP) is 4.12. The zero-order valence-corrected chi connectivity index (χ0v) is 9.93. The lowest BCUT2D eigenvalue weighted by Gasteiger charge is -2.19. The van der Waals surface area contributed by atoms with Crippen molar-refractivity contribution in [3.05, 3.63) is 77.2 Å². The topological polar surface area (TPSA) is 0 Å². The summed E-state index contributed by atoms with van der Waals surface area (Å²) in [6.07, 6.45) is 2.48. The molecule has 17 heavy (non-hydrogen) atoms. The molecule has 2 aromatic carbocycles. The van der Waals surface area contributed by atoms with Crippen LogP contribution in [0.3, 0.4) is 0 Å². The minimum Gasteiger partial charge on any atom is -0.188 e. The second kappa shape index (κ2) is 3.16. The molecule has 0 N–H and O–H groups in total. The van der Waals surface area contributed by atoms with Crippen LogP contribution in [0.4, 0.5) is 0 Å². The molecule has 0 spiro atoms. The third-order valence-corrected chi connectivity index (χ3v) is 4.49. The van der Waals surface area contributed by atoms with Crippen molar-refractivity contribution < 1.29 is 0 Å². The number of rotatable bonds is 0. The Morgan fingerprint density at radius 3 is 2.29 bits per heavy atom. The standard InChI is InChI=1S/C17H15/c1-11-13-7-4-5-9-15(13)17-14-8-3-2-6-12(14)10-16(11)17/h2-11,16-17H,1H3/q-1. The summed E-state index contributed by atoms with van der Waals surface area (Å²) in [5.41, 5.74) is 6.07. The van der Waals surface area contributed by atoms with E-state index in [-0.39, 0.29) is 0 Å². The van der Waals surface area contributed by atoms with Gasteiger partial charge < -0.3 is 0 Å². The Bertz CT molecular complexity index is 582. The van der Waals surface area contributed by atoms with E-state index in [9.17, 15) is 0 Å². The molecule has 0 bridgehead atoms. The van der Waals surface area contributed by atoms with Gasteiger partial charge in [-0.05, 0) is 23.0 Å². The van der Waals surface area contributed by atoms with Crippen LogP contribution in [0, 0.1) is 12.3 Å². The van der Waals surface area contributed by atoms with Gasteiger partial charge in [-0.15, -0.1) is 17.7 Å². The van der Waals surface area contributed by atoms with E-state index in [4.69, 9.17) is 0 Å². The Balaban J connectivity index is 1.95. The molecule has 3 atom stereocenters. The van der Waals surface area contributed by atoms with Gasteiger partial charge in [-0.25, -0.2) is 0 Å². The fourth-order valence-corrected chi connectivity index (χ4v) is 3.68. The lowest BCUT2D eigenvalue weighted by Crippen LogP contribution is -2.04. The molecule has 2 aliphatic rings. The number of hydrogen-bond donors (Lipinski definition) is 0. The van der Waals surface area contributed by atoms with Crippen molar-refractivity contribution >= 4 is 0 Å². The summed E-state index contributed by atoms with van der Waals surface area (Å²) >= 11 is 0. The van der Waals surface area contributed by atoms with E-state index in [2.05, 4.69) is 61.9 Å². The van der Waals surface area contributed by atoms with Gasteiger partial charge in [0, 0.05) is 0 Å². The third-order valence-electron chi connectivity index (χ3n) is 4.49. The first-order valence-electron chi connectivity index (χ1n) is 6.39. The van der Waals surface area contributed by atoms with Crippen LogP contribution in [0.5, 0.6) is 0 Å². The molecule has 2 aromatic rings. The van der Waals surface area contributed by atoms with E-state index in [1.54, 1.807) is 11.1 Å². The Kier molecular flexibility index (Phi) is 1.74. The van der Waals surface area contributed by atoms with Crippen LogP contribution in [-0.4, -0.2) is 0 Å². The SMILES string of the molecule is CC1c2ccccc2C2c3ccccc3[CH-]C12. The summed E-state index contributed by atoms with van der Waals surface area (Å²) in [4.78, 5) is 0. The van der Waals surface area contributed by atoms with Gasteiger partial charge in [-0.3, -0.25) is 0 Å². The molecule has 0 heterocycles. The van der Waals surface area contributed by atoms with Crippen LogP contribution in [0.25, 0.3) is 0 Å². The molecule has 0 radical (unpaired) electrons. The first-order valence-corrected chi connectivity index (χ1v) is 6.39. The summed E-state index contributed by atoms with van der Waals surface area (Å²) < 4.78 is 0. The van der Waals surface area contributed by atoms with Crippen molar-refractivity contribution in [3.63, 3.8) is 0 Å². The summed E-state index contributed by atoms with van der Waals surface area (Å²) in [5, 5.41) is 0. The minimum absolute atomic E-state index is 0.609. The molecule has 0 heteroatoms. The lowest BCUT2D eigenvalue weighted by atomic mass is 9.89. The number of benzene rings is 2. The van der Waals surface area contributed by atoms with Gasteiger partial charge in [0.05, 0.1) is 0 Å².